The fourth-order valence-electron chi connectivity index (χ4n) is 4.41. The van der Waals surface area contributed by atoms with Gasteiger partial charge >= 0.3 is 0 Å². The lowest BCUT2D eigenvalue weighted by Crippen LogP contribution is -2.77. The van der Waals surface area contributed by atoms with E-state index in [4.69, 9.17) is 13.7 Å². The van der Waals surface area contributed by atoms with E-state index in [0.29, 0.717) is 6.42 Å². The molecule has 1 fully saturated rings. The first-order chi connectivity index (χ1) is 16.8. The van der Waals surface area contributed by atoms with Gasteiger partial charge in [-0.15, -0.1) is 0 Å². The molecule has 0 unspecified atom stereocenters. The van der Waals surface area contributed by atoms with Crippen molar-refractivity contribution in [2.24, 2.45) is 0 Å². The maximum absolute atomic E-state index is 13.0. The Morgan fingerprint density at radius 3 is 1.89 bits per heavy atom. The lowest BCUT2D eigenvalue weighted by atomic mass is 9.69. The van der Waals surface area contributed by atoms with Crippen molar-refractivity contribution in [2.45, 2.75) is 128 Å². The molecule has 1 aromatic rings. The summed E-state index contributed by atoms with van der Waals surface area (Å²) in [5, 5.41) is 13.3. The van der Waals surface area contributed by atoms with Crippen molar-refractivity contribution < 1.29 is 23.6 Å². The largest absolute Gasteiger partial charge is 0.408 e. The van der Waals surface area contributed by atoms with Crippen LogP contribution in [0.4, 0.5) is 0 Å². The smallest absolute Gasteiger partial charge is 0.249 e. The summed E-state index contributed by atoms with van der Waals surface area (Å²) in [6, 6.07) is 9.84. The molecule has 1 spiro atoms. The summed E-state index contributed by atoms with van der Waals surface area (Å²) in [7, 11) is -4.67. The Labute approximate surface area is 226 Å². The highest BCUT2D eigenvalue weighted by Crippen LogP contribution is 2.51. The van der Waals surface area contributed by atoms with E-state index in [1.54, 1.807) is 0 Å². The Bertz CT molecular complexity index is 998. The first-order valence-electron chi connectivity index (χ1n) is 13.6. The molecule has 0 saturated carbocycles. The molecule has 1 aromatic carbocycles. The minimum atomic E-state index is -2.34. The molecule has 0 aromatic heterocycles. The van der Waals surface area contributed by atoms with Crippen molar-refractivity contribution in [3.05, 3.63) is 48.0 Å². The Morgan fingerprint density at radius 1 is 0.919 bits per heavy atom. The molecule has 0 radical (unpaired) electrons. The molecule has 1 aliphatic heterocycles. The maximum Gasteiger partial charge on any atom is 0.249 e. The SMILES string of the molecule is CC[C@@]1(O)C=C[C@]2(CC(=O)N2OCc2ccccc2)[C@H](O[Si](C)(C)C(C)(C)C)[C@@H]1O[Si](C)(C)C(C)(C)C. The van der Waals surface area contributed by atoms with Crippen LogP contribution in [0.2, 0.25) is 36.3 Å². The summed E-state index contributed by atoms with van der Waals surface area (Å²) >= 11 is 0. The molecular formula is C29H49NO5Si2. The second-order valence-electron chi connectivity index (χ2n) is 13.9. The number of carbonyl (C=O) groups is 1. The molecule has 8 heteroatoms. The van der Waals surface area contributed by atoms with Crippen molar-refractivity contribution in [3.8, 4) is 0 Å². The summed E-state index contributed by atoms with van der Waals surface area (Å²) in [6.07, 6.45) is 3.33. The lowest BCUT2D eigenvalue weighted by Gasteiger charge is -2.61. The first-order valence-corrected chi connectivity index (χ1v) is 19.4. The van der Waals surface area contributed by atoms with Crippen LogP contribution in [0.5, 0.6) is 0 Å². The van der Waals surface area contributed by atoms with E-state index in [1.165, 1.54) is 5.06 Å². The number of hydrogen-bond donors (Lipinski definition) is 1. The average Bonchev–Trinajstić information content (AvgIpc) is 2.77. The second kappa shape index (κ2) is 10.0. The van der Waals surface area contributed by atoms with Crippen LogP contribution in [-0.4, -0.2) is 56.1 Å². The van der Waals surface area contributed by atoms with Crippen LogP contribution in [-0.2, 0) is 25.1 Å². The molecule has 6 nitrogen and oxygen atoms in total. The van der Waals surface area contributed by atoms with Gasteiger partial charge in [0.25, 0.3) is 0 Å². The highest BCUT2D eigenvalue weighted by atomic mass is 28.4. The highest BCUT2D eigenvalue weighted by Gasteiger charge is 2.66. The van der Waals surface area contributed by atoms with Gasteiger partial charge < -0.3 is 14.0 Å². The minimum Gasteiger partial charge on any atom is -0.408 e. The zero-order valence-electron chi connectivity index (χ0n) is 24.8. The predicted octanol–water partition coefficient (Wildman–Crippen LogP) is 6.58. The second-order valence-corrected chi connectivity index (χ2v) is 23.4. The molecule has 37 heavy (non-hydrogen) atoms. The van der Waals surface area contributed by atoms with Crippen molar-refractivity contribution >= 4 is 22.5 Å². The molecule has 0 bridgehead atoms. The van der Waals surface area contributed by atoms with Crippen molar-refractivity contribution in [1.82, 2.24) is 5.06 Å². The quantitative estimate of drug-likeness (QED) is 0.226. The van der Waals surface area contributed by atoms with E-state index in [-0.39, 0.29) is 29.0 Å². The molecule has 208 valence electrons. The van der Waals surface area contributed by atoms with Crippen LogP contribution in [0.1, 0.15) is 66.9 Å². The van der Waals surface area contributed by atoms with Gasteiger partial charge in [0.2, 0.25) is 5.91 Å². The lowest BCUT2D eigenvalue weighted by molar-refractivity contribution is -0.281. The van der Waals surface area contributed by atoms with Gasteiger partial charge in [0, 0.05) is 0 Å². The van der Waals surface area contributed by atoms with Crippen LogP contribution in [0.15, 0.2) is 42.5 Å². The minimum absolute atomic E-state index is 0.0591. The first kappa shape index (κ1) is 30.2. The maximum atomic E-state index is 13.0. The van der Waals surface area contributed by atoms with Crippen LogP contribution in [0.3, 0.4) is 0 Å². The number of carbonyl (C=O) groups excluding carboxylic acids is 1. The van der Waals surface area contributed by atoms with Crippen molar-refractivity contribution in [1.29, 1.82) is 0 Å². The van der Waals surface area contributed by atoms with E-state index >= 15 is 0 Å². The number of hydroxylamine groups is 2. The van der Waals surface area contributed by atoms with E-state index in [1.807, 2.05) is 49.4 Å². The topological polar surface area (TPSA) is 68.2 Å². The van der Waals surface area contributed by atoms with Gasteiger partial charge in [-0.1, -0.05) is 91.0 Å². The molecule has 1 saturated heterocycles. The standard InChI is InChI=1S/C29H49NO5Si2/c1-12-29(32)19-18-28(20-23(31)30(28)33-21-22-16-14-13-15-17-22)24(34-36(8,9)26(2,3)4)25(29)35-37(10,11)27(5,6)7/h13-19,24-25,32H,12,20-21H2,1-11H3/t24-,25+,28+,29-/m1/s1. The molecule has 1 aliphatic carbocycles. The molecule has 2 aliphatic rings. The van der Waals surface area contributed by atoms with E-state index < -0.39 is 40.0 Å². The fourth-order valence-corrected chi connectivity index (χ4v) is 7.04. The summed E-state index contributed by atoms with van der Waals surface area (Å²) < 4.78 is 14.2. The predicted molar refractivity (Wildman–Crippen MR) is 154 cm³/mol. The third-order valence-electron chi connectivity index (χ3n) is 9.19. The number of rotatable bonds is 8. The van der Waals surface area contributed by atoms with Crippen LogP contribution in [0.25, 0.3) is 0 Å². The van der Waals surface area contributed by atoms with Gasteiger partial charge in [0.15, 0.2) is 16.6 Å². The molecule has 1 N–H and O–H groups in total. The normalized spacial score (nSPS) is 29.1. The average molecular weight is 548 g/mol. The Hall–Kier alpha value is -1.30. The summed E-state index contributed by atoms with van der Waals surface area (Å²) in [6.45, 7) is 24.3. The molecule has 4 atom stereocenters. The van der Waals surface area contributed by atoms with Crippen LogP contribution in [0, 0.1) is 0 Å². The van der Waals surface area contributed by atoms with Crippen LogP contribution < -0.4 is 0 Å². The fraction of sp³-hybridized carbons (Fsp3) is 0.690. The van der Waals surface area contributed by atoms with Gasteiger partial charge in [-0.25, -0.2) is 5.06 Å². The van der Waals surface area contributed by atoms with Crippen LogP contribution >= 0.6 is 0 Å². The number of nitrogens with zero attached hydrogens (tertiary/aromatic N) is 1. The van der Waals surface area contributed by atoms with Gasteiger partial charge in [0.05, 0.1) is 6.42 Å². The van der Waals surface area contributed by atoms with E-state index in [9.17, 15) is 9.90 Å². The van der Waals surface area contributed by atoms with Gasteiger partial charge in [-0.05, 0) is 48.2 Å². The Kier molecular flexibility index (Phi) is 8.20. The van der Waals surface area contributed by atoms with Gasteiger partial charge in [-0.2, -0.15) is 0 Å². The number of β-lactam (4-membered cyclic amide) rings is 1. The zero-order valence-corrected chi connectivity index (χ0v) is 26.8. The molecular weight excluding hydrogens is 498 g/mol. The number of amides is 1. The third kappa shape index (κ3) is 5.70. The Morgan fingerprint density at radius 2 is 1.43 bits per heavy atom. The molecule has 1 amide bonds. The number of benzene rings is 1. The van der Waals surface area contributed by atoms with Crippen molar-refractivity contribution in [3.63, 3.8) is 0 Å². The highest BCUT2D eigenvalue weighted by molar-refractivity contribution is 6.74. The van der Waals surface area contributed by atoms with E-state index in [2.05, 4.69) is 67.7 Å². The number of hydrogen-bond acceptors (Lipinski definition) is 5. The summed E-state index contributed by atoms with van der Waals surface area (Å²) in [5.41, 5.74) is -1.06. The number of aliphatic hydroxyl groups is 1. The molecule has 3 rings (SSSR count). The van der Waals surface area contributed by atoms with Gasteiger partial charge in [0.1, 0.15) is 30.0 Å². The monoisotopic (exact) mass is 547 g/mol. The summed E-state index contributed by atoms with van der Waals surface area (Å²) in [4.78, 5) is 19.2. The van der Waals surface area contributed by atoms with Gasteiger partial charge in [-0.3, -0.25) is 9.63 Å². The summed E-state index contributed by atoms with van der Waals surface area (Å²) in [5.74, 6) is -0.0857. The Balaban J connectivity index is 2.10. The molecule has 1 heterocycles. The third-order valence-corrected chi connectivity index (χ3v) is 18.1. The van der Waals surface area contributed by atoms with Crippen molar-refractivity contribution in [2.75, 3.05) is 0 Å². The zero-order chi connectivity index (χ0) is 28.1. The van der Waals surface area contributed by atoms with E-state index in [0.717, 1.165) is 5.56 Å².